The fraction of sp³-hybridized carbons (Fsp3) is 0.286. The van der Waals surface area contributed by atoms with E-state index in [0.717, 1.165) is 6.20 Å². The Labute approximate surface area is 95.0 Å². The lowest BCUT2D eigenvalue weighted by Gasteiger charge is -2.11. The van der Waals surface area contributed by atoms with E-state index < -0.39 is 27.6 Å². The van der Waals surface area contributed by atoms with Gasteiger partial charge in [-0.25, -0.2) is 13.1 Å². The number of nitrogens with one attached hydrogen (secondary N) is 2. The van der Waals surface area contributed by atoms with Crippen LogP contribution in [-0.4, -0.2) is 26.1 Å². The maximum absolute atomic E-state index is 11.9. The van der Waals surface area contributed by atoms with Gasteiger partial charge < -0.3 is 5.43 Å². The molecule has 0 unspecified atom stereocenters. The zero-order chi connectivity index (χ0) is 13.1. The van der Waals surface area contributed by atoms with Crippen LogP contribution in [0.5, 0.6) is 0 Å². The number of nitrogens with two attached hydrogens (primary N) is 1. The minimum Gasteiger partial charge on any atom is -0.323 e. The van der Waals surface area contributed by atoms with E-state index in [2.05, 4.69) is 10.4 Å². The lowest BCUT2D eigenvalue weighted by Crippen LogP contribution is -2.34. The summed E-state index contributed by atoms with van der Waals surface area (Å²) in [5.74, 6) is 5.04. The monoisotopic (exact) mass is 270 g/mol. The normalized spacial score (nSPS) is 12.5. The van der Waals surface area contributed by atoms with Gasteiger partial charge in [0, 0.05) is 12.4 Å². The minimum absolute atomic E-state index is 0.0466. The summed E-state index contributed by atoms with van der Waals surface area (Å²) < 4.78 is 60.1. The molecule has 0 aliphatic rings. The van der Waals surface area contributed by atoms with E-state index in [1.165, 1.54) is 17.0 Å². The summed E-state index contributed by atoms with van der Waals surface area (Å²) in [6, 6.07) is 1.22. The third-order valence-electron chi connectivity index (χ3n) is 1.69. The molecule has 0 spiro atoms. The first-order valence-electron chi connectivity index (χ1n) is 4.23. The number of alkyl halides is 3. The fourth-order valence-electron chi connectivity index (χ4n) is 0.968. The quantitative estimate of drug-likeness (QED) is 0.536. The van der Waals surface area contributed by atoms with Crippen LogP contribution in [0.4, 0.5) is 18.9 Å². The number of nitrogen functional groups attached to an aromatic ring is 1. The summed E-state index contributed by atoms with van der Waals surface area (Å²) in [4.78, 5) is 3.06. The summed E-state index contributed by atoms with van der Waals surface area (Å²) in [7, 11) is -4.31. The van der Waals surface area contributed by atoms with Gasteiger partial charge in [-0.15, -0.1) is 0 Å². The van der Waals surface area contributed by atoms with E-state index in [1.54, 1.807) is 0 Å². The molecule has 1 heterocycles. The molecule has 96 valence electrons. The van der Waals surface area contributed by atoms with E-state index in [0.29, 0.717) is 0 Å². The van der Waals surface area contributed by atoms with Crippen LogP contribution in [0.15, 0.2) is 23.4 Å². The van der Waals surface area contributed by atoms with Crippen molar-refractivity contribution in [3.05, 3.63) is 18.5 Å². The van der Waals surface area contributed by atoms with E-state index in [9.17, 15) is 21.6 Å². The second-order valence-corrected chi connectivity index (χ2v) is 4.69. The van der Waals surface area contributed by atoms with Gasteiger partial charge in [0.25, 0.3) is 0 Å². The van der Waals surface area contributed by atoms with Crippen LogP contribution in [0.1, 0.15) is 0 Å². The van der Waals surface area contributed by atoms with Crippen LogP contribution < -0.4 is 16.0 Å². The molecule has 1 rings (SSSR count). The number of rotatable bonds is 4. The highest BCUT2D eigenvalue weighted by molar-refractivity contribution is 7.89. The third-order valence-corrected chi connectivity index (χ3v) is 3.12. The van der Waals surface area contributed by atoms with E-state index in [4.69, 9.17) is 5.84 Å². The molecule has 1 aromatic rings. The summed E-state index contributed by atoms with van der Waals surface area (Å²) in [5, 5.41) is 0. The Hall–Kier alpha value is -1.39. The molecule has 0 aliphatic carbocycles. The standard InChI is InChI=1S/C7H9F3N4O2S/c8-7(9,10)4-13-17(15,16)6-3-12-2-1-5(6)14-11/h1-3,13H,4,11H2,(H,12,14). The topological polar surface area (TPSA) is 97.1 Å². The van der Waals surface area contributed by atoms with Crippen molar-refractivity contribution >= 4 is 15.7 Å². The number of hydrogen-bond acceptors (Lipinski definition) is 5. The first-order valence-corrected chi connectivity index (χ1v) is 5.71. The minimum atomic E-state index is -4.63. The molecule has 0 radical (unpaired) electrons. The molecule has 0 atom stereocenters. The van der Waals surface area contributed by atoms with Crippen LogP contribution >= 0.6 is 0 Å². The van der Waals surface area contributed by atoms with Gasteiger partial charge in [0.05, 0.1) is 5.69 Å². The molecule has 17 heavy (non-hydrogen) atoms. The number of hydrogen-bond donors (Lipinski definition) is 3. The maximum Gasteiger partial charge on any atom is 0.402 e. The molecule has 10 heteroatoms. The molecule has 0 amide bonds. The number of halogens is 3. The van der Waals surface area contributed by atoms with Crippen molar-refractivity contribution < 1.29 is 21.6 Å². The summed E-state index contributed by atoms with van der Waals surface area (Å²) in [5.41, 5.74) is 2.01. The van der Waals surface area contributed by atoms with Crippen LogP contribution in [0.2, 0.25) is 0 Å². The number of aromatic nitrogens is 1. The Bertz CT molecular complexity index is 488. The summed E-state index contributed by atoms with van der Waals surface area (Å²) >= 11 is 0. The third kappa shape index (κ3) is 3.84. The van der Waals surface area contributed by atoms with E-state index in [-0.39, 0.29) is 5.69 Å². The van der Waals surface area contributed by atoms with Gasteiger partial charge in [0.1, 0.15) is 11.4 Å². The highest BCUT2D eigenvalue weighted by atomic mass is 32.2. The van der Waals surface area contributed by atoms with Crippen LogP contribution in [0.25, 0.3) is 0 Å². The number of sulfonamides is 1. The summed E-state index contributed by atoms with van der Waals surface area (Å²) in [6.07, 6.45) is -2.49. The van der Waals surface area contributed by atoms with E-state index >= 15 is 0 Å². The fourth-order valence-corrected chi connectivity index (χ4v) is 2.09. The van der Waals surface area contributed by atoms with Crippen molar-refractivity contribution in [2.24, 2.45) is 5.84 Å². The average molecular weight is 270 g/mol. The highest BCUT2D eigenvalue weighted by Crippen LogP contribution is 2.19. The van der Waals surface area contributed by atoms with Crippen molar-refractivity contribution in [3.63, 3.8) is 0 Å². The molecule has 0 saturated carbocycles. The lowest BCUT2D eigenvalue weighted by molar-refractivity contribution is -0.121. The van der Waals surface area contributed by atoms with Gasteiger partial charge in [-0.3, -0.25) is 10.8 Å². The van der Waals surface area contributed by atoms with Gasteiger partial charge in [0.15, 0.2) is 0 Å². The molecule has 0 fully saturated rings. The van der Waals surface area contributed by atoms with Gasteiger partial charge in [-0.05, 0) is 6.07 Å². The zero-order valence-electron chi connectivity index (χ0n) is 8.32. The largest absolute Gasteiger partial charge is 0.402 e. The van der Waals surface area contributed by atoms with E-state index in [1.807, 2.05) is 0 Å². The lowest BCUT2D eigenvalue weighted by atomic mass is 10.4. The predicted molar refractivity (Wildman–Crippen MR) is 53.3 cm³/mol. The van der Waals surface area contributed by atoms with Gasteiger partial charge >= 0.3 is 6.18 Å². The highest BCUT2D eigenvalue weighted by Gasteiger charge is 2.30. The second kappa shape index (κ2) is 4.85. The van der Waals surface area contributed by atoms with Gasteiger partial charge in [-0.1, -0.05) is 0 Å². The van der Waals surface area contributed by atoms with Crippen molar-refractivity contribution in [1.82, 2.24) is 9.71 Å². The van der Waals surface area contributed by atoms with Crippen LogP contribution in [0, 0.1) is 0 Å². The summed E-state index contributed by atoms with van der Waals surface area (Å²) in [6.45, 7) is -1.66. The predicted octanol–water partition coefficient (Wildman–Crippen LogP) is 0.208. The second-order valence-electron chi connectivity index (χ2n) is 2.96. The molecule has 0 saturated heterocycles. The SMILES string of the molecule is NNc1ccncc1S(=O)(=O)NCC(F)(F)F. The van der Waals surface area contributed by atoms with Crippen molar-refractivity contribution in [3.8, 4) is 0 Å². The Morgan fingerprint density at radius 2 is 2.06 bits per heavy atom. The molecule has 0 aliphatic heterocycles. The first kappa shape index (κ1) is 13.7. The Morgan fingerprint density at radius 3 is 2.59 bits per heavy atom. The molecule has 1 aromatic heterocycles. The average Bonchev–Trinajstić information content (AvgIpc) is 2.26. The van der Waals surface area contributed by atoms with Gasteiger partial charge in [0.2, 0.25) is 10.0 Å². The Balaban J connectivity index is 2.98. The van der Waals surface area contributed by atoms with Crippen molar-refractivity contribution in [2.45, 2.75) is 11.1 Å². The molecule has 0 bridgehead atoms. The Kier molecular flexibility index (Phi) is 3.91. The van der Waals surface area contributed by atoms with Crippen LogP contribution in [-0.2, 0) is 10.0 Å². The number of nitrogens with zero attached hydrogens (tertiary/aromatic N) is 1. The maximum atomic E-state index is 11.9. The first-order chi connectivity index (χ1) is 7.76. The number of pyridine rings is 1. The zero-order valence-corrected chi connectivity index (χ0v) is 9.14. The number of hydrazine groups is 1. The number of anilines is 1. The molecule has 4 N–H and O–H groups in total. The molecule has 6 nitrogen and oxygen atoms in total. The molecular formula is C7H9F3N4O2S. The van der Waals surface area contributed by atoms with Crippen molar-refractivity contribution in [1.29, 1.82) is 0 Å². The van der Waals surface area contributed by atoms with Crippen LogP contribution in [0.3, 0.4) is 0 Å². The van der Waals surface area contributed by atoms with Gasteiger partial charge in [-0.2, -0.15) is 13.2 Å². The van der Waals surface area contributed by atoms with Crippen molar-refractivity contribution in [2.75, 3.05) is 12.0 Å². The molecular weight excluding hydrogens is 261 g/mol. The smallest absolute Gasteiger partial charge is 0.323 e. The molecule has 0 aromatic carbocycles. The Morgan fingerprint density at radius 1 is 1.41 bits per heavy atom.